The van der Waals surface area contributed by atoms with Crippen molar-refractivity contribution in [2.24, 2.45) is 0 Å². The summed E-state index contributed by atoms with van der Waals surface area (Å²) in [6.07, 6.45) is 1.58. The zero-order valence-corrected chi connectivity index (χ0v) is 17.9. The number of carbonyl (C=O) groups excluding carboxylic acids is 1. The molecule has 0 radical (unpaired) electrons. The molecule has 0 saturated heterocycles. The van der Waals surface area contributed by atoms with E-state index in [0.717, 1.165) is 16.9 Å². The lowest BCUT2D eigenvalue weighted by atomic mass is 10.1. The van der Waals surface area contributed by atoms with Crippen LogP contribution in [-0.2, 0) is 13.2 Å². The second-order valence-electron chi connectivity index (χ2n) is 6.63. The molecule has 1 aromatic heterocycles. The summed E-state index contributed by atoms with van der Waals surface area (Å²) in [6.45, 7) is 2.35. The van der Waals surface area contributed by atoms with E-state index < -0.39 is 0 Å². The smallest absolute Gasteiger partial charge is 0.254 e. The minimum absolute atomic E-state index is 0.0131. The molecule has 0 fully saturated rings. The second-order valence-corrected chi connectivity index (χ2v) is 8.00. The van der Waals surface area contributed by atoms with Gasteiger partial charge in [0.15, 0.2) is 5.78 Å². The van der Waals surface area contributed by atoms with Crippen LogP contribution >= 0.6 is 15.9 Å². The van der Waals surface area contributed by atoms with Crippen LogP contribution in [0.4, 0.5) is 0 Å². The number of alkyl halides is 1. The van der Waals surface area contributed by atoms with Crippen LogP contribution in [0.3, 0.4) is 0 Å². The number of methoxy groups -OCH3 is 1. The molecule has 0 aliphatic rings. The Hall–Kier alpha value is -2.86. The summed E-state index contributed by atoms with van der Waals surface area (Å²) in [5.74, 6) is 1.12. The average molecular weight is 456 g/mol. The van der Waals surface area contributed by atoms with Gasteiger partial charge in [-0.25, -0.2) is 0 Å². The van der Waals surface area contributed by atoms with E-state index >= 15 is 0 Å². The van der Waals surface area contributed by atoms with Crippen molar-refractivity contribution in [2.75, 3.05) is 7.11 Å². The van der Waals surface area contributed by atoms with Gasteiger partial charge in [-0.05, 0) is 36.2 Å². The number of ether oxygens (including phenoxy) is 2. The molecule has 5 nitrogen and oxygen atoms in total. The molecule has 3 aromatic rings. The lowest BCUT2D eigenvalue weighted by molar-refractivity contribution is 0.0970. The summed E-state index contributed by atoms with van der Waals surface area (Å²) in [4.78, 5) is 25.1. The number of hydrogen-bond donors (Lipinski definition) is 0. The SMILES string of the molecule is COc1ccc(COc2ccn(CC(=O)c3ccc(C(C)Br)cc3)c(=O)c2)cc1. The van der Waals surface area contributed by atoms with E-state index in [1.807, 2.05) is 43.3 Å². The third kappa shape index (κ3) is 5.57. The van der Waals surface area contributed by atoms with Gasteiger partial charge in [0.25, 0.3) is 5.56 Å². The number of ketones is 1. The van der Waals surface area contributed by atoms with Crippen molar-refractivity contribution in [3.63, 3.8) is 0 Å². The highest BCUT2D eigenvalue weighted by molar-refractivity contribution is 9.09. The highest BCUT2D eigenvalue weighted by Gasteiger charge is 2.10. The molecule has 0 amide bonds. The van der Waals surface area contributed by atoms with E-state index in [4.69, 9.17) is 9.47 Å². The van der Waals surface area contributed by atoms with Crippen molar-refractivity contribution in [1.82, 2.24) is 4.57 Å². The topological polar surface area (TPSA) is 57.5 Å². The van der Waals surface area contributed by atoms with Gasteiger partial charge in [0, 0.05) is 22.7 Å². The van der Waals surface area contributed by atoms with Crippen molar-refractivity contribution in [3.8, 4) is 11.5 Å². The van der Waals surface area contributed by atoms with Crippen LogP contribution in [0.1, 0.15) is 33.2 Å². The Kier molecular flexibility index (Phi) is 6.88. The quantitative estimate of drug-likeness (QED) is 0.362. The number of halogens is 1. The monoisotopic (exact) mass is 455 g/mol. The number of carbonyl (C=O) groups is 1. The fraction of sp³-hybridized carbons (Fsp3) is 0.217. The van der Waals surface area contributed by atoms with Crippen molar-refractivity contribution in [1.29, 1.82) is 0 Å². The number of rotatable bonds is 8. The normalized spacial score (nSPS) is 11.7. The van der Waals surface area contributed by atoms with Gasteiger partial charge in [-0.15, -0.1) is 0 Å². The summed E-state index contributed by atoms with van der Waals surface area (Å²) in [5.41, 5.74) is 2.35. The van der Waals surface area contributed by atoms with Gasteiger partial charge in [0.2, 0.25) is 0 Å². The number of benzene rings is 2. The first-order chi connectivity index (χ1) is 14.0. The fourth-order valence-electron chi connectivity index (χ4n) is 2.78. The first-order valence-electron chi connectivity index (χ1n) is 9.19. The van der Waals surface area contributed by atoms with E-state index in [0.29, 0.717) is 17.9 Å². The first kappa shape index (κ1) is 20.9. The summed E-state index contributed by atoms with van der Waals surface area (Å²) < 4.78 is 12.2. The second kappa shape index (κ2) is 9.56. The van der Waals surface area contributed by atoms with Crippen LogP contribution in [0.5, 0.6) is 11.5 Å². The molecule has 3 rings (SSSR count). The van der Waals surface area contributed by atoms with Gasteiger partial charge < -0.3 is 14.0 Å². The van der Waals surface area contributed by atoms with Crippen LogP contribution in [0, 0.1) is 0 Å². The van der Waals surface area contributed by atoms with Crippen LogP contribution in [0.15, 0.2) is 71.7 Å². The fourth-order valence-corrected chi connectivity index (χ4v) is 3.08. The van der Waals surface area contributed by atoms with Crippen LogP contribution in [0.2, 0.25) is 0 Å². The molecule has 150 valence electrons. The minimum atomic E-state index is -0.281. The van der Waals surface area contributed by atoms with Crippen molar-refractivity contribution in [3.05, 3.63) is 93.9 Å². The van der Waals surface area contributed by atoms with Gasteiger partial charge in [-0.2, -0.15) is 0 Å². The summed E-state index contributed by atoms with van der Waals surface area (Å²) in [5, 5.41) is 0. The Balaban J connectivity index is 1.62. The van der Waals surface area contributed by atoms with E-state index in [-0.39, 0.29) is 22.7 Å². The van der Waals surface area contributed by atoms with Gasteiger partial charge in [-0.1, -0.05) is 52.3 Å². The molecule has 0 saturated carbocycles. The third-order valence-corrected chi connectivity index (χ3v) is 5.07. The summed E-state index contributed by atoms with van der Waals surface area (Å²) in [6, 6.07) is 18.0. The lowest BCUT2D eigenvalue weighted by Gasteiger charge is -2.10. The largest absolute Gasteiger partial charge is 0.497 e. The van der Waals surface area contributed by atoms with E-state index in [1.54, 1.807) is 31.5 Å². The molecular formula is C23H22BrNO4. The number of hydrogen-bond acceptors (Lipinski definition) is 4. The Morgan fingerprint density at radius 3 is 2.31 bits per heavy atom. The molecule has 0 bridgehead atoms. The standard InChI is InChI=1S/C23H22BrNO4/c1-16(24)18-5-7-19(8-6-18)22(26)14-25-12-11-21(13-23(25)27)29-15-17-3-9-20(28-2)10-4-17/h3-13,16H,14-15H2,1-2H3. The molecule has 0 aliphatic heterocycles. The molecule has 29 heavy (non-hydrogen) atoms. The van der Waals surface area contributed by atoms with Crippen molar-refractivity contribution >= 4 is 21.7 Å². The number of aromatic nitrogens is 1. The van der Waals surface area contributed by atoms with Crippen molar-refractivity contribution < 1.29 is 14.3 Å². The molecular weight excluding hydrogens is 434 g/mol. The highest BCUT2D eigenvalue weighted by atomic mass is 79.9. The molecule has 6 heteroatoms. The first-order valence-corrected chi connectivity index (χ1v) is 10.1. The predicted octanol–water partition coefficient (Wildman–Crippen LogP) is 4.77. The van der Waals surface area contributed by atoms with E-state index in [9.17, 15) is 9.59 Å². The maximum absolute atomic E-state index is 12.5. The summed E-state index contributed by atoms with van der Waals surface area (Å²) in [7, 11) is 1.62. The maximum atomic E-state index is 12.5. The Bertz CT molecular complexity index is 1020. The van der Waals surface area contributed by atoms with Crippen LogP contribution in [0.25, 0.3) is 0 Å². The maximum Gasteiger partial charge on any atom is 0.254 e. The Morgan fingerprint density at radius 1 is 1.03 bits per heavy atom. The zero-order valence-electron chi connectivity index (χ0n) is 16.3. The van der Waals surface area contributed by atoms with Crippen LogP contribution < -0.4 is 15.0 Å². The highest BCUT2D eigenvalue weighted by Crippen LogP contribution is 2.21. The van der Waals surface area contributed by atoms with Gasteiger partial charge in [-0.3, -0.25) is 9.59 Å². The molecule has 1 atom stereocenters. The van der Waals surface area contributed by atoms with Gasteiger partial charge in [0.1, 0.15) is 18.1 Å². The average Bonchev–Trinajstić information content (AvgIpc) is 2.74. The molecule has 1 unspecified atom stereocenters. The number of Topliss-reactive ketones (excluding diaryl/α,β-unsaturated/α-hetero) is 1. The molecule has 0 aliphatic carbocycles. The van der Waals surface area contributed by atoms with Crippen LogP contribution in [-0.4, -0.2) is 17.5 Å². The van der Waals surface area contributed by atoms with Crippen molar-refractivity contribution in [2.45, 2.75) is 24.9 Å². The Morgan fingerprint density at radius 2 is 1.72 bits per heavy atom. The molecule has 1 heterocycles. The molecule has 0 N–H and O–H groups in total. The van der Waals surface area contributed by atoms with E-state index in [2.05, 4.69) is 15.9 Å². The van der Waals surface area contributed by atoms with Gasteiger partial charge >= 0.3 is 0 Å². The number of pyridine rings is 1. The van der Waals surface area contributed by atoms with Gasteiger partial charge in [0.05, 0.1) is 13.7 Å². The predicted molar refractivity (Wildman–Crippen MR) is 116 cm³/mol. The third-order valence-electron chi connectivity index (χ3n) is 4.54. The van der Waals surface area contributed by atoms with E-state index in [1.165, 1.54) is 10.6 Å². The minimum Gasteiger partial charge on any atom is -0.497 e. The number of nitrogens with zero attached hydrogens (tertiary/aromatic N) is 1. The summed E-state index contributed by atoms with van der Waals surface area (Å²) >= 11 is 3.50. The molecule has 0 spiro atoms. The Labute approximate surface area is 178 Å². The zero-order chi connectivity index (χ0) is 20.8. The molecule has 2 aromatic carbocycles. The lowest BCUT2D eigenvalue weighted by Crippen LogP contribution is -2.23.